The average molecular weight is 333 g/mol. The van der Waals surface area contributed by atoms with Gasteiger partial charge in [0.2, 0.25) is 5.95 Å². The van der Waals surface area contributed by atoms with E-state index in [9.17, 15) is 0 Å². The van der Waals surface area contributed by atoms with Crippen LogP contribution in [-0.2, 0) is 6.54 Å². The molecule has 1 heterocycles. The summed E-state index contributed by atoms with van der Waals surface area (Å²) in [5, 5.41) is 11.5. The van der Waals surface area contributed by atoms with Gasteiger partial charge in [0.1, 0.15) is 0 Å². The van der Waals surface area contributed by atoms with Crippen molar-refractivity contribution in [3.8, 4) is 0 Å². The normalized spacial score (nSPS) is 10.4. The Kier molecular flexibility index (Phi) is 5.93. The SMILES string of the molecule is CCCCNc1nncc(N(Cc2ccccc2)c2ccccc2)n1. The fraction of sp³-hybridized carbons (Fsp3) is 0.250. The highest BCUT2D eigenvalue weighted by molar-refractivity contribution is 5.60. The summed E-state index contributed by atoms with van der Waals surface area (Å²) in [6.07, 6.45) is 3.92. The highest BCUT2D eigenvalue weighted by Gasteiger charge is 2.13. The lowest BCUT2D eigenvalue weighted by Crippen LogP contribution is -2.19. The summed E-state index contributed by atoms with van der Waals surface area (Å²) in [4.78, 5) is 6.81. The molecule has 0 fully saturated rings. The molecule has 0 amide bonds. The number of nitrogens with zero attached hydrogens (tertiary/aromatic N) is 4. The zero-order valence-corrected chi connectivity index (χ0v) is 14.5. The smallest absolute Gasteiger partial charge is 0.244 e. The van der Waals surface area contributed by atoms with E-state index in [0.29, 0.717) is 5.95 Å². The van der Waals surface area contributed by atoms with Crippen LogP contribution in [0.3, 0.4) is 0 Å². The van der Waals surface area contributed by atoms with Gasteiger partial charge in [-0.3, -0.25) is 0 Å². The van der Waals surface area contributed by atoms with Crippen molar-refractivity contribution in [3.63, 3.8) is 0 Å². The Morgan fingerprint density at radius 3 is 2.40 bits per heavy atom. The highest BCUT2D eigenvalue weighted by atomic mass is 15.3. The summed E-state index contributed by atoms with van der Waals surface area (Å²) in [5.41, 5.74) is 2.29. The molecule has 0 aliphatic heterocycles. The second-order valence-corrected chi connectivity index (χ2v) is 5.83. The molecule has 3 aromatic rings. The Morgan fingerprint density at radius 2 is 1.68 bits per heavy atom. The van der Waals surface area contributed by atoms with Crippen LogP contribution in [0.25, 0.3) is 0 Å². The van der Waals surface area contributed by atoms with Gasteiger partial charge >= 0.3 is 0 Å². The number of hydrogen-bond acceptors (Lipinski definition) is 5. The Balaban J connectivity index is 1.87. The van der Waals surface area contributed by atoms with Gasteiger partial charge in [-0.25, -0.2) is 0 Å². The Labute approximate surface area is 148 Å². The van der Waals surface area contributed by atoms with Crippen molar-refractivity contribution >= 4 is 17.5 Å². The molecule has 0 aliphatic rings. The first-order valence-corrected chi connectivity index (χ1v) is 8.67. The molecule has 2 aromatic carbocycles. The van der Waals surface area contributed by atoms with Crippen molar-refractivity contribution in [3.05, 3.63) is 72.4 Å². The molecule has 5 heteroatoms. The summed E-state index contributed by atoms with van der Waals surface area (Å²) >= 11 is 0. The molecule has 128 valence electrons. The van der Waals surface area contributed by atoms with Gasteiger partial charge in [0.05, 0.1) is 6.20 Å². The van der Waals surface area contributed by atoms with Crippen LogP contribution in [0.5, 0.6) is 0 Å². The zero-order valence-electron chi connectivity index (χ0n) is 14.5. The van der Waals surface area contributed by atoms with Crippen LogP contribution in [-0.4, -0.2) is 21.7 Å². The third kappa shape index (κ3) is 4.76. The minimum Gasteiger partial charge on any atom is -0.353 e. The fourth-order valence-electron chi connectivity index (χ4n) is 2.56. The van der Waals surface area contributed by atoms with E-state index in [1.807, 2.05) is 24.3 Å². The van der Waals surface area contributed by atoms with Crippen molar-refractivity contribution in [1.82, 2.24) is 15.2 Å². The maximum atomic E-state index is 4.66. The molecular formula is C20H23N5. The van der Waals surface area contributed by atoms with Gasteiger partial charge in [0.25, 0.3) is 0 Å². The molecule has 3 rings (SSSR count). The van der Waals surface area contributed by atoms with Crippen molar-refractivity contribution in [1.29, 1.82) is 0 Å². The largest absolute Gasteiger partial charge is 0.353 e. The number of rotatable bonds is 8. The molecular weight excluding hydrogens is 310 g/mol. The number of para-hydroxylation sites is 1. The summed E-state index contributed by atoms with van der Waals surface area (Å²) in [5.74, 6) is 1.35. The second kappa shape index (κ2) is 8.78. The number of benzene rings is 2. The summed E-state index contributed by atoms with van der Waals surface area (Å²) in [6.45, 7) is 3.73. The Morgan fingerprint density at radius 1 is 0.960 bits per heavy atom. The van der Waals surface area contributed by atoms with Gasteiger partial charge in [0.15, 0.2) is 5.82 Å². The van der Waals surface area contributed by atoms with Gasteiger partial charge in [0, 0.05) is 18.8 Å². The third-order valence-corrected chi connectivity index (χ3v) is 3.89. The molecule has 0 unspecified atom stereocenters. The van der Waals surface area contributed by atoms with E-state index in [4.69, 9.17) is 0 Å². The van der Waals surface area contributed by atoms with Gasteiger partial charge in [-0.2, -0.15) is 10.1 Å². The van der Waals surface area contributed by atoms with Gasteiger partial charge in [-0.05, 0) is 24.1 Å². The second-order valence-electron chi connectivity index (χ2n) is 5.83. The molecule has 0 spiro atoms. The first-order valence-electron chi connectivity index (χ1n) is 8.67. The topological polar surface area (TPSA) is 53.9 Å². The van der Waals surface area contributed by atoms with Gasteiger partial charge in [-0.15, -0.1) is 5.10 Å². The summed E-state index contributed by atoms with van der Waals surface area (Å²) < 4.78 is 0. The van der Waals surface area contributed by atoms with Crippen LogP contribution in [0.4, 0.5) is 17.5 Å². The highest BCUT2D eigenvalue weighted by Crippen LogP contribution is 2.25. The van der Waals surface area contributed by atoms with Gasteiger partial charge < -0.3 is 10.2 Å². The van der Waals surface area contributed by atoms with E-state index in [2.05, 4.69) is 68.7 Å². The predicted octanol–water partition coefficient (Wildman–Crippen LogP) is 4.42. The number of unbranched alkanes of at least 4 members (excludes halogenated alkanes) is 1. The minimum atomic E-state index is 0.569. The van der Waals surface area contributed by atoms with Crippen molar-refractivity contribution < 1.29 is 0 Å². The average Bonchev–Trinajstić information content (AvgIpc) is 2.68. The predicted molar refractivity (Wildman–Crippen MR) is 102 cm³/mol. The molecule has 0 saturated carbocycles. The van der Waals surface area contributed by atoms with E-state index in [1.165, 1.54) is 5.56 Å². The minimum absolute atomic E-state index is 0.569. The summed E-state index contributed by atoms with van der Waals surface area (Å²) in [7, 11) is 0. The van der Waals surface area contributed by atoms with E-state index >= 15 is 0 Å². The van der Waals surface area contributed by atoms with E-state index in [-0.39, 0.29) is 0 Å². The van der Waals surface area contributed by atoms with E-state index in [1.54, 1.807) is 6.20 Å². The molecule has 25 heavy (non-hydrogen) atoms. The first-order chi connectivity index (χ1) is 12.4. The molecule has 0 saturated heterocycles. The molecule has 5 nitrogen and oxygen atoms in total. The lowest BCUT2D eigenvalue weighted by Gasteiger charge is -2.24. The Hall–Kier alpha value is -2.95. The number of anilines is 3. The number of aromatic nitrogens is 3. The maximum absolute atomic E-state index is 4.66. The lowest BCUT2D eigenvalue weighted by molar-refractivity contribution is 0.815. The van der Waals surface area contributed by atoms with Crippen LogP contribution >= 0.6 is 0 Å². The first kappa shape index (κ1) is 16.9. The molecule has 1 aromatic heterocycles. The molecule has 0 bridgehead atoms. The van der Waals surface area contributed by atoms with Crippen LogP contribution < -0.4 is 10.2 Å². The van der Waals surface area contributed by atoms with Crippen molar-refractivity contribution in [2.24, 2.45) is 0 Å². The third-order valence-electron chi connectivity index (χ3n) is 3.89. The van der Waals surface area contributed by atoms with Crippen LogP contribution in [0.1, 0.15) is 25.3 Å². The molecule has 0 atom stereocenters. The van der Waals surface area contributed by atoms with Crippen molar-refractivity contribution in [2.45, 2.75) is 26.3 Å². The zero-order chi connectivity index (χ0) is 17.3. The molecule has 0 aliphatic carbocycles. The van der Waals surface area contributed by atoms with Crippen LogP contribution in [0.15, 0.2) is 66.9 Å². The van der Waals surface area contributed by atoms with Crippen molar-refractivity contribution in [2.75, 3.05) is 16.8 Å². The lowest BCUT2D eigenvalue weighted by atomic mass is 10.2. The van der Waals surface area contributed by atoms with Crippen LogP contribution in [0, 0.1) is 0 Å². The van der Waals surface area contributed by atoms with E-state index < -0.39 is 0 Å². The van der Waals surface area contributed by atoms with E-state index in [0.717, 1.165) is 37.4 Å². The monoisotopic (exact) mass is 333 g/mol. The number of nitrogens with one attached hydrogen (secondary N) is 1. The fourth-order valence-corrected chi connectivity index (χ4v) is 2.56. The van der Waals surface area contributed by atoms with Crippen LogP contribution in [0.2, 0.25) is 0 Å². The standard InChI is InChI=1S/C20H23N5/c1-2-3-14-21-20-23-19(15-22-24-20)25(18-12-8-5-9-13-18)16-17-10-6-4-7-11-17/h4-13,15H,2-3,14,16H2,1H3,(H,21,23,24). The molecule has 0 radical (unpaired) electrons. The summed E-state index contributed by atoms with van der Waals surface area (Å²) in [6, 6.07) is 20.6. The number of hydrogen-bond donors (Lipinski definition) is 1. The quantitative estimate of drug-likeness (QED) is 0.618. The Bertz CT molecular complexity index is 761. The maximum Gasteiger partial charge on any atom is 0.244 e. The van der Waals surface area contributed by atoms with Gasteiger partial charge in [-0.1, -0.05) is 61.9 Å². The molecule has 1 N–H and O–H groups in total.